The summed E-state index contributed by atoms with van der Waals surface area (Å²) in [5.74, 6) is 0.115. The van der Waals surface area contributed by atoms with Crippen molar-refractivity contribution in [3.8, 4) is 0 Å². The van der Waals surface area contributed by atoms with Crippen LogP contribution in [0.4, 0.5) is 0 Å². The number of ketones is 1. The van der Waals surface area contributed by atoms with Gasteiger partial charge in [0.05, 0.1) is 0 Å². The zero-order valence-electron chi connectivity index (χ0n) is 11.4. The lowest BCUT2D eigenvalue weighted by atomic mass is 9.95. The van der Waals surface area contributed by atoms with E-state index in [1.165, 1.54) is 16.5 Å². The molecule has 0 bridgehead atoms. The van der Waals surface area contributed by atoms with Crippen LogP contribution < -0.4 is 0 Å². The molecule has 0 spiro atoms. The van der Waals surface area contributed by atoms with Crippen molar-refractivity contribution in [1.29, 1.82) is 0 Å². The second-order valence-corrected chi connectivity index (χ2v) is 6.70. The van der Waals surface area contributed by atoms with Crippen LogP contribution in [-0.2, 0) is 12.8 Å². The first-order valence-corrected chi connectivity index (χ1v) is 8.16. The molecule has 0 aliphatic heterocycles. The molecular weight excluding hydrogens is 371 g/mol. The summed E-state index contributed by atoms with van der Waals surface area (Å²) in [6, 6.07) is 18.2. The molecule has 1 aliphatic carbocycles. The predicted octanol–water partition coefficient (Wildman–Crippen LogP) is 4.77. The van der Waals surface area contributed by atoms with Crippen molar-refractivity contribution in [3.05, 3.63) is 80.4 Å². The van der Waals surface area contributed by atoms with Gasteiger partial charge in [0, 0.05) is 14.7 Å². The summed E-state index contributed by atoms with van der Waals surface area (Å²) in [6.07, 6.45) is 2.18. The summed E-state index contributed by atoms with van der Waals surface area (Å²) in [4.78, 5) is 12.9. The molecule has 0 saturated heterocycles. The molecule has 1 aliphatic rings. The first-order valence-electron chi connectivity index (χ1n) is 7.08. The van der Waals surface area contributed by atoms with Gasteiger partial charge >= 0.3 is 0 Å². The van der Waals surface area contributed by atoms with Crippen LogP contribution in [-0.4, -0.2) is 5.78 Å². The van der Waals surface area contributed by atoms with Gasteiger partial charge in [-0.05, 0) is 69.5 Å². The van der Waals surface area contributed by atoms with Gasteiger partial charge in [0.2, 0.25) is 0 Å². The SMILES string of the molecule is O=C(c1cccc(I)c1)c1ccc2c3c(cccc13)CC2. The van der Waals surface area contributed by atoms with E-state index in [-0.39, 0.29) is 5.78 Å². The van der Waals surface area contributed by atoms with Crippen molar-refractivity contribution in [2.75, 3.05) is 0 Å². The highest BCUT2D eigenvalue weighted by atomic mass is 127. The van der Waals surface area contributed by atoms with Gasteiger partial charge in [-0.25, -0.2) is 0 Å². The van der Waals surface area contributed by atoms with Crippen molar-refractivity contribution in [2.24, 2.45) is 0 Å². The number of aryl methyl sites for hydroxylation is 2. The Morgan fingerprint density at radius 1 is 0.905 bits per heavy atom. The van der Waals surface area contributed by atoms with Crippen LogP contribution >= 0.6 is 22.6 Å². The normalized spacial score (nSPS) is 12.8. The minimum atomic E-state index is 0.115. The van der Waals surface area contributed by atoms with E-state index in [0.29, 0.717) is 0 Å². The molecule has 0 radical (unpaired) electrons. The second-order valence-electron chi connectivity index (χ2n) is 5.45. The fraction of sp³-hybridized carbons (Fsp3) is 0.105. The van der Waals surface area contributed by atoms with Crippen LogP contribution in [0.15, 0.2) is 54.6 Å². The number of hydrogen-bond donors (Lipinski definition) is 0. The van der Waals surface area contributed by atoms with Crippen molar-refractivity contribution < 1.29 is 4.79 Å². The van der Waals surface area contributed by atoms with E-state index in [4.69, 9.17) is 0 Å². The van der Waals surface area contributed by atoms with Crippen LogP contribution in [0.5, 0.6) is 0 Å². The van der Waals surface area contributed by atoms with Gasteiger partial charge in [0.15, 0.2) is 5.78 Å². The fourth-order valence-corrected chi connectivity index (χ4v) is 3.77. The van der Waals surface area contributed by atoms with Crippen LogP contribution in [0, 0.1) is 3.57 Å². The third kappa shape index (κ3) is 2.09. The highest BCUT2D eigenvalue weighted by Crippen LogP contribution is 2.33. The predicted molar refractivity (Wildman–Crippen MR) is 93.9 cm³/mol. The Hall–Kier alpha value is -1.68. The van der Waals surface area contributed by atoms with Gasteiger partial charge in [0.25, 0.3) is 0 Å². The Bertz CT molecular complexity index is 870. The molecule has 0 aromatic heterocycles. The molecule has 3 aromatic rings. The maximum Gasteiger partial charge on any atom is 0.193 e. The lowest BCUT2D eigenvalue weighted by Crippen LogP contribution is -2.03. The zero-order valence-corrected chi connectivity index (χ0v) is 13.6. The summed E-state index contributed by atoms with van der Waals surface area (Å²) >= 11 is 2.24. The number of hydrogen-bond acceptors (Lipinski definition) is 1. The maximum atomic E-state index is 12.9. The highest BCUT2D eigenvalue weighted by molar-refractivity contribution is 14.1. The molecule has 0 saturated carbocycles. The van der Waals surface area contributed by atoms with Gasteiger partial charge in [-0.15, -0.1) is 0 Å². The summed E-state index contributed by atoms with van der Waals surface area (Å²) in [5, 5.41) is 2.40. The number of rotatable bonds is 2. The molecular formula is C19H13IO. The summed E-state index contributed by atoms with van der Waals surface area (Å²) < 4.78 is 1.09. The highest BCUT2D eigenvalue weighted by Gasteiger charge is 2.19. The Kier molecular flexibility index (Phi) is 3.07. The molecule has 4 rings (SSSR count). The minimum absolute atomic E-state index is 0.115. The van der Waals surface area contributed by atoms with Crippen LogP contribution in [0.2, 0.25) is 0 Å². The van der Waals surface area contributed by atoms with Crippen LogP contribution in [0.1, 0.15) is 27.0 Å². The van der Waals surface area contributed by atoms with Gasteiger partial charge in [-0.2, -0.15) is 0 Å². The lowest BCUT2D eigenvalue weighted by molar-refractivity contribution is 0.104. The quantitative estimate of drug-likeness (QED) is 0.459. The van der Waals surface area contributed by atoms with E-state index >= 15 is 0 Å². The molecule has 1 nitrogen and oxygen atoms in total. The number of carbonyl (C=O) groups is 1. The van der Waals surface area contributed by atoms with E-state index in [1.807, 2.05) is 30.3 Å². The first-order chi connectivity index (χ1) is 10.2. The molecule has 0 fully saturated rings. The van der Waals surface area contributed by atoms with Crippen molar-refractivity contribution in [1.82, 2.24) is 0 Å². The van der Waals surface area contributed by atoms with Gasteiger partial charge in [-0.3, -0.25) is 4.79 Å². The van der Waals surface area contributed by atoms with Crippen molar-refractivity contribution in [3.63, 3.8) is 0 Å². The summed E-state index contributed by atoms with van der Waals surface area (Å²) in [5.41, 5.74) is 4.33. The number of halogens is 1. The molecule has 0 unspecified atom stereocenters. The Balaban J connectivity index is 1.94. The number of carbonyl (C=O) groups excluding carboxylic acids is 1. The average molecular weight is 384 g/mol. The van der Waals surface area contributed by atoms with Crippen molar-refractivity contribution in [2.45, 2.75) is 12.8 Å². The van der Waals surface area contributed by atoms with E-state index in [0.717, 1.165) is 32.9 Å². The lowest BCUT2D eigenvalue weighted by Gasteiger charge is -2.08. The molecule has 102 valence electrons. The fourth-order valence-electron chi connectivity index (χ4n) is 3.23. The third-order valence-corrected chi connectivity index (χ3v) is 4.88. The van der Waals surface area contributed by atoms with Crippen LogP contribution in [0.3, 0.4) is 0 Å². The monoisotopic (exact) mass is 384 g/mol. The Morgan fingerprint density at radius 2 is 1.67 bits per heavy atom. The standard InChI is InChI=1S/C19H13IO/c20-15-5-1-4-14(11-15)19(21)17-10-9-13-8-7-12-3-2-6-16(17)18(12)13/h1-6,9-11H,7-8H2. The molecule has 0 atom stereocenters. The zero-order chi connectivity index (χ0) is 14.4. The number of benzene rings is 3. The van der Waals surface area contributed by atoms with E-state index in [9.17, 15) is 4.79 Å². The van der Waals surface area contributed by atoms with Crippen LogP contribution in [0.25, 0.3) is 10.8 Å². The topological polar surface area (TPSA) is 17.1 Å². The van der Waals surface area contributed by atoms with E-state index in [1.54, 1.807) is 0 Å². The van der Waals surface area contributed by atoms with Gasteiger partial charge in [0.1, 0.15) is 0 Å². The Morgan fingerprint density at radius 3 is 2.48 bits per heavy atom. The second kappa shape index (κ2) is 4.95. The van der Waals surface area contributed by atoms with Gasteiger partial charge in [-0.1, -0.05) is 42.5 Å². The smallest absolute Gasteiger partial charge is 0.193 e. The largest absolute Gasteiger partial charge is 0.289 e. The molecule has 0 amide bonds. The minimum Gasteiger partial charge on any atom is -0.289 e. The van der Waals surface area contributed by atoms with E-state index in [2.05, 4.69) is 46.9 Å². The summed E-state index contributed by atoms with van der Waals surface area (Å²) in [7, 11) is 0. The van der Waals surface area contributed by atoms with Crippen molar-refractivity contribution >= 4 is 39.1 Å². The molecule has 0 N–H and O–H groups in total. The first kappa shape index (κ1) is 13.0. The molecule has 0 heterocycles. The molecule has 21 heavy (non-hydrogen) atoms. The van der Waals surface area contributed by atoms with E-state index < -0.39 is 0 Å². The average Bonchev–Trinajstić information content (AvgIpc) is 2.92. The third-order valence-electron chi connectivity index (χ3n) is 4.21. The van der Waals surface area contributed by atoms with Gasteiger partial charge < -0.3 is 0 Å². The Labute approximate surface area is 137 Å². The molecule has 2 heteroatoms. The summed E-state index contributed by atoms with van der Waals surface area (Å²) in [6.45, 7) is 0. The maximum absolute atomic E-state index is 12.9. The molecule has 3 aromatic carbocycles.